The van der Waals surface area contributed by atoms with Crippen LogP contribution in [0.1, 0.15) is 0 Å². The predicted molar refractivity (Wildman–Crippen MR) is 113 cm³/mol. The highest BCUT2D eigenvalue weighted by Crippen LogP contribution is 2.36. The van der Waals surface area contributed by atoms with Crippen molar-refractivity contribution in [1.82, 2.24) is 9.29 Å². The number of fused-ring (bicyclic) bond motifs is 3. The van der Waals surface area contributed by atoms with Crippen molar-refractivity contribution in [3.8, 4) is 5.75 Å². The maximum Gasteiger partial charge on any atom is 0.244 e. The van der Waals surface area contributed by atoms with E-state index in [4.69, 9.17) is 9.15 Å². The zero-order chi connectivity index (χ0) is 21.3. The molecule has 30 heavy (non-hydrogen) atoms. The second-order valence-corrected chi connectivity index (χ2v) is 8.69. The zero-order valence-corrected chi connectivity index (χ0v) is 17.1. The van der Waals surface area contributed by atoms with Crippen molar-refractivity contribution in [3.05, 3.63) is 60.9 Å². The number of hydrogen-bond donors (Lipinski definition) is 1. The van der Waals surface area contributed by atoms with Gasteiger partial charge in [0.05, 0.1) is 19.3 Å². The number of sulfonamides is 1. The molecule has 0 aliphatic rings. The lowest BCUT2D eigenvalue weighted by molar-refractivity contribution is -0.116. The van der Waals surface area contributed by atoms with Crippen LogP contribution in [0.4, 0.5) is 5.69 Å². The summed E-state index contributed by atoms with van der Waals surface area (Å²) < 4.78 is 37.4. The van der Waals surface area contributed by atoms with Gasteiger partial charge in [0.25, 0.3) is 0 Å². The van der Waals surface area contributed by atoms with Crippen LogP contribution in [0.15, 0.2) is 70.2 Å². The van der Waals surface area contributed by atoms with Crippen LogP contribution >= 0.6 is 0 Å². The molecule has 0 bridgehead atoms. The molecule has 4 aromatic rings. The normalized spacial score (nSPS) is 11.8. The van der Waals surface area contributed by atoms with E-state index >= 15 is 0 Å². The summed E-state index contributed by atoms with van der Waals surface area (Å²) in [6.45, 7) is -0.376. The molecule has 0 spiro atoms. The van der Waals surface area contributed by atoms with Gasteiger partial charge >= 0.3 is 0 Å². The molecular weight excluding hydrogens is 406 g/mol. The van der Waals surface area contributed by atoms with Crippen LogP contribution in [0.3, 0.4) is 0 Å². The lowest BCUT2D eigenvalue weighted by atomic mass is 10.1. The first kappa shape index (κ1) is 19.9. The monoisotopic (exact) mass is 425 g/mol. The number of likely N-dealkylation sites (N-methyl/N-ethyl adjacent to an activating group) is 1. The van der Waals surface area contributed by atoms with E-state index in [1.165, 1.54) is 38.7 Å². The topological polar surface area (TPSA) is 102 Å². The van der Waals surface area contributed by atoms with E-state index < -0.39 is 15.9 Å². The number of carbonyl (C=O) groups excluding carboxylic acids is 1. The second-order valence-electron chi connectivity index (χ2n) is 6.64. The second kappa shape index (κ2) is 7.77. The molecule has 0 aliphatic heterocycles. The maximum absolute atomic E-state index is 12.6. The number of furan rings is 1. The Labute approximate surface area is 173 Å². The van der Waals surface area contributed by atoms with Crippen molar-refractivity contribution in [2.75, 3.05) is 26.0 Å². The number of nitrogens with one attached hydrogen (secondary N) is 1. The van der Waals surface area contributed by atoms with Gasteiger partial charge in [0.15, 0.2) is 0 Å². The number of anilines is 1. The third kappa shape index (κ3) is 3.60. The van der Waals surface area contributed by atoms with Gasteiger partial charge < -0.3 is 14.5 Å². The first-order chi connectivity index (χ1) is 14.4. The van der Waals surface area contributed by atoms with Crippen LogP contribution in [0.5, 0.6) is 5.75 Å². The average molecular weight is 425 g/mol. The van der Waals surface area contributed by atoms with E-state index in [2.05, 4.69) is 10.3 Å². The summed E-state index contributed by atoms with van der Waals surface area (Å²) in [6.07, 6.45) is 2.72. The Morgan fingerprint density at radius 2 is 1.93 bits per heavy atom. The van der Waals surface area contributed by atoms with Crippen LogP contribution in [0, 0.1) is 0 Å². The number of aromatic nitrogens is 1. The highest BCUT2D eigenvalue weighted by atomic mass is 32.2. The quantitative estimate of drug-likeness (QED) is 0.509. The van der Waals surface area contributed by atoms with Crippen LogP contribution < -0.4 is 10.1 Å². The molecule has 0 saturated carbocycles. The molecule has 0 radical (unpaired) electrons. The molecule has 0 fully saturated rings. The number of methoxy groups -OCH3 is 1. The van der Waals surface area contributed by atoms with Gasteiger partial charge in [-0.05, 0) is 24.3 Å². The van der Waals surface area contributed by atoms with Crippen molar-refractivity contribution < 1.29 is 22.4 Å². The van der Waals surface area contributed by atoms with Crippen LogP contribution in [-0.2, 0) is 14.8 Å². The summed E-state index contributed by atoms with van der Waals surface area (Å²) in [5, 5.41) is 4.50. The number of hydrogen-bond acceptors (Lipinski definition) is 6. The third-order valence-electron chi connectivity index (χ3n) is 4.68. The molecular formula is C21H19N3O5S. The van der Waals surface area contributed by atoms with E-state index in [9.17, 15) is 13.2 Å². The van der Waals surface area contributed by atoms with Gasteiger partial charge in [0, 0.05) is 36.3 Å². The van der Waals surface area contributed by atoms with Crippen molar-refractivity contribution in [1.29, 1.82) is 0 Å². The van der Waals surface area contributed by atoms with E-state index in [0.29, 0.717) is 17.0 Å². The number of nitrogens with zero attached hydrogens (tertiary/aromatic N) is 2. The smallest absolute Gasteiger partial charge is 0.244 e. The molecule has 2 heterocycles. The minimum atomic E-state index is -3.83. The van der Waals surface area contributed by atoms with Gasteiger partial charge in [-0.1, -0.05) is 18.2 Å². The molecule has 2 aromatic heterocycles. The Hall–Kier alpha value is -3.43. The van der Waals surface area contributed by atoms with Gasteiger partial charge in [-0.15, -0.1) is 0 Å². The standard InChI is InChI=1S/C21H19N3O5S/c1-24(30(26,27)14-6-5-9-22-12-14)13-21(25)23-17-11-19-16(10-20(17)28-2)15-7-3-4-8-18(15)29-19/h3-12H,13H2,1-2H3,(H,23,25). The Kier molecular flexibility index (Phi) is 5.15. The Balaban J connectivity index is 1.59. The fourth-order valence-electron chi connectivity index (χ4n) is 3.17. The van der Waals surface area contributed by atoms with Gasteiger partial charge in [-0.3, -0.25) is 9.78 Å². The maximum atomic E-state index is 12.6. The summed E-state index contributed by atoms with van der Waals surface area (Å²) in [6, 6.07) is 14.0. The van der Waals surface area contributed by atoms with E-state index in [0.717, 1.165) is 20.7 Å². The lowest BCUT2D eigenvalue weighted by Crippen LogP contribution is -2.35. The third-order valence-corrected chi connectivity index (χ3v) is 6.47. The van der Waals surface area contributed by atoms with Gasteiger partial charge in [-0.25, -0.2) is 8.42 Å². The van der Waals surface area contributed by atoms with E-state index in [-0.39, 0.29) is 11.4 Å². The number of amides is 1. The number of benzene rings is 2. The largest absolute Gasteiger partial charge is 0.495 e. The Morgan fingerprint density at radius 3 is 2.67 bits per heavy atom. The number of pyridine rings is 1. The van der Waals surface area contributed by atoms with Gasteiger partial charge in [0.1, 0.15) is 21.8 Å². The van der Waals surface area contributed by atoms with Gasteiger partial charge in [0.2, 0.25) is 15.9 Å². The van der Waals surface area contributed by atoms with Crippen molar-refractivity contribution in [3.63, 3.8) is 0 Å². The molecule has 1 N–H and O–H groups in total. The first-order valence-corrected chi connectivity index (χ1v) is 10.5. The predicted octanol–water partition coefficient (Wildman–Crippen LogP) is 3.25. The van der Waals surface area contributed by atoms with Gasteiger partial charge in [-0.2, -0.15) is 4.31 Å². The van der Waals surface area contributed by atoms with Crippen molar-refractivity contribution in [2.45, 2.75) is 4.90 Å². The molecule has 1 amide bonds. The zero-order valence-electron chi connectivity index (χ0n) is 16.3. The summed E-state index contributed by atoms with van der Waals surface area (Å²) in [7, 11) is -1.00. The SMILES string of the molecule is COc1cc2c(cc1NC(=O)CN(C)S(=O)(=O)c1cccnc1)oc1ccccc12. The fraction of sp³-hybridized carbons (Fsp3) is 0.143. The minimum Gasteiger partial charge on any atom is -0.495 e. The molecule has 8 nitrogen and oxygen atoms in total. The summed E-state index contributed by atoms with van der Waals surface area (Å²) >= 11 is 0. The van der Waals surface area contributed by atoms with Crippen LogP contribution in [0.25, 0.3) is 21.9 Å². The molecule has 0 unspecified atom stereocenters. The number of rotatable bonds is 6. The summed E-state index contributed by atoms with van der Waals surface area (Å²) in [5.74, 6) is -0.0705. The number of carbonyl (C=O) groups is 1. The molecule has 0 aliphatic carbocycles. The van der Waals surface area contributed by atoms with Crippen LogP contribution in [-0.4, -0.2) is 44.3 Å². The molecule has 2 aromatic carbocycles. The molecule has 0 saturated heterocycles. The average Bonchev–Trinajstić information content (AvgIpc) is 3.11. The van der Waals surface area contributed by atoms with Crippen LogP contribution in [0.2, 0.25) is 0 Å². The highest BCUT2D eigenvalue weighted by molar-refractivity contribution is 7.89. The van der Waals surface area contributed by atoms with E-state index in [1.54, 1.807) is 12.1 Å². The molecule has 154 valence electrons. The molecule has 4 rings (SSSR count). The Morgan fingerprint density at radius 1 is 1.13 bits per heavy atom. The van der Waals surface area contributed by atoms with Crippen molar-refractivity contribution in [2.24, 2.45) is 0 Å². The Bertz CT molecular complexity index is 1330. The van der Waals surface area contributed by atoms with E-state index in [1.807, 2.05) is 24.3 Å². The highest BCUT2D eigenvalue weighted by Gasteiger charge is 2.24. The number of para-hydroxylation sites is 1. The number of ether oxygens (including phenoxy) is 1. The van der Waals surface area contributed by atoms with Crippen molar-refractivity contribution >= 4 is 43.6 Å². The molecule has 0 atom stereocenters. The summed E-state index contributed by atoms with van der Waals surface area (Å²) in [5.41, 5.74) is 1.70. The summed E-state index contributed by atoms with van der Waals surface area (Å²) in [4.78, 5) is 16.4. The minimum absolute atomic E-state index is 0.0153. The fourth-order valence-corrected chi connectivity index (χ4v) is 4.27. The molecule has 9 heteroatoms. The lowest BCUT2D eigenvalue weighted by Gasteiger charge is -2.17. The first-order valence-electron chi connectivity index (χ1n) is 9.05.